The van der Waals surface area contributed by atoms with Crippen LogP contribution in [0.1, 0.15) is 30.9 Å². The molecule has 8 nitrogen and oxygen atoms in total. The predicted octanol–water partition coefficient (Wildman–Crippen LogP) is 4.28. The largest absolute Gasteiger partial charge is 0.317 e. The highest BCUT2D eigenvalue weighted by Gasteiger charge is 2.20. The van der Waals surface area contributed by atoms with Crippen molar-refractivity contribution >= 4 is 29.0 Å². The molecule has 1 N–H and O–H groups in total. The highest BCUT2D eigenvalue weighted by Crippen LogP contribution is 2.28. The van der Waals surface area contributed by atoms with E-state index < -0.39 is 27.1 Å². The zero-order valence-electron chi connectivity index (χ0n) is 14.2. The van der Waals surface area contributed by atoms with E-state index >= 15 is 0 Å². The maximum absolute atomic E-state index is 12.0. The summed E-state index contributed by atoms with van der Waals surface area (Å²) in [5.41, 5.74) is 0.916. The van der Waals surface area contributed by atoms with Gasteiger partial charge in [0.1, 0.15) is 5.69 Å². The van der Waals surface area contributed by atoms with Crippen molar-refractivity contribution in [3.8, 4) is 0 Å². The SMILES string of the molecule is CC(C)c1ccc(/C=C/C(=O)Nc2ccc([N+](=O)[O-])cc2[N+](=O)[O-])cc1. The van der Waals surface area contributed by atoms with Crippen LogP contribution in [0.3, 0.4) is 0 Å². The van der Waals surface area contributed by atoms with E-state index in [0.717, 1.165) is 23.8 Å². The Hall–Kier alpha value is -3.55. The van der Waals surface area contributed by atoms with Gasteiger partial charge in [0.05, 0.1) is 15.9 Å². The van der Waals surface area contributed by atoms with Crippen LogP contribution in [0.25, 0.3) is 6.08 Å². The van der Waals surface area contributed by atoms with Gasteiger partial charge < -0.3 is 5.32 Å². The number of nitro benzene ring substituents is 2. The normalized spacial score (nSPS) is 10.9. The summed E-state index contributed by atoms with van der Waals surface area (Å²) in [6.07, 6.45) is 2.83. The number of carbonyl (C=O) groups excluding carboxylic acids is 1. The fourth-order valence-electron chi connectivity index (χ4n) is 2.23. The number of nitro groups is 2. The molecule has 0 spiro atoms. The van der Waals surface area contributed by atoms with Gasteiger partial charge in [0, 0.05) is 12.1 Å². The highest BCUT2D eigenvalue weighted by atomic mass is 16.6. The smallest absolute Gasteiger partial charge is 0.299 e. The monoisotopic (exact) mass is 355 g/mol. The summed E-state index contributed by atoms with van der Waals surface area (Å²) in [5.74, 6) is -0.172. The van der Waals surface area contributed by atoms with E-state index in [9.17, 15) is 25.0 Å². The average Bonchev–Trinajstić information content (AvgIpc) is 2.60. The van der Waals surface area contributed by atoms with E-state index in [2.05, 4.69) is 19.2 Å². The summed E-state index contributed by atoms with van der Waals surface area (Å²) >= 11 is 0. The van der Waals surface area contributed by atoms with Crippen molar-refractivity contribution < 1.29 is 14.6 Å². The Labute approximate surface area is 149 Å². The standard InChI is InChI=1S/C18H17N3O5/c1-12(2)14-6-3-13(4-7-14)5-10-18(22)19-16-9-8-15(20(23)24)11-17(16)21(25)26/h3-12H,1-2H3,(H,19,22)/b10-5+. The number of non-ortho nitro benzene ring substituents is 1. The molecule has 0 radical (unpaired) electrons. The summed E-state index contributed by atoms with van der Waals surface area (Å²) < 4.78 is 0. The van der Waals surface area contributed by atoms with E-state index in [0.29, 0.717) is 5.92 Å². The minimum Gasteiger partial charge on any atom is -0.317 e. The van der Waals surface area contributed by atoms with E-state index in [1.165, 1.54) is 11.6 Å². The van der Waals surface area contributed by atoms with Gasteiger partial charge in [-0.15, -0.1) is 0 Å². The predicted molar refractivity (Wildman–Crippen MR) is 97.9 cm³/mol. The molecule has 2 rings (SSSR count). The zero-order valence-corrected chi connectivity index (χ0v) is 14.2. The number of hydrogen-bond acceptors (Lipinski definition) is 5. The summed E-state index contributed by atoms with van der Waals surface area (Å²) in [6.45, 7) is 4.16. The first-order chi connectivity index (χ1) is 12.3. The lowest BCUT2D eigenvalue weighted by molar-refractivity contribution is -0.393. The number of rotatable bonds is 6. The maximum atomic E-state index is 12.0. The van der Waals surface area contributed by atoms with Gasteiger partial charge in [-0.1, -0.05) is 38.1 Å². The van der Waals surface area contributed by atoms with Gasteiger partial charge >= 0.3 is 0 Å². The van der Waals surface area contributed by atoms with Gasteiger partial charge in [-0.05, 0) is 29.2 Å². The Balaban J connectivity index is 2.14. The molecular formula is C18H17N3O5. The molecule has 26 heavy (non-hydrogen) atoms. The second kappa shape index (κ2) is 8.02. The molecule has 2 aromatic carbocycles. The molecule has 0 saturated heterocycles. The first kappa shape index (κ1) is 18.8. The lowest BCUT2D eigenvalue weighted by Gasteiger charge is -2.05. The Kier molecular flexibility index (Phi) is 5.79. The lowest BCUT2D eigenvalue weighted by atomic mass is 10.0. The summed E-state index contributed by atoms with van der Waals surface area (Å²) in [4.78, 5) is 32.3. The average molecular weight is 355 g/mol. The van der Waals surface area contributed by atoms with Crippen molar-refractivity contribution in [3.05, 3.63) is 79.9 Å². The maximum Gasteiger partial charge on any atom is 0.299 e. The molecule has 1 amide bonds. The van der Waals surface area contributed by atoms with E-state index in [-0.39, 0.29) is 5.69 Å². The topological polar surface area (TPSA) is 115 Å². The van der Waals surface area contributed by atoms with Crippen molar-refractivity contribution in [3.63, 3.8) is 0 Å². The highest BCUT2D eigenvalue weighted by molar-refractivity contribution is 6.03. The molecule has 0 saturated carbocycles. The fraction of sp³-hybridized carbons (Fsp3) is 0.167. The Morgan fingerprint density at radius 2 is 1.69 bits per heavy atom. The molecule has 0 unspecified atom stereocenters. The first-order valence-electron chi connectivity index (χ1n) is 7.80. The van der Waals surface area contributed by atoms with Crippen LogP contribution in [0.4, 0.5) is 17.1 Å². The minimum absolute atomic E-state index is 0.106. The first-order valence-corrected chi connectivity index (χ1v) is 7.80. The van der Waals surface area contributed by atoms with Crippen LogP contribution in [-0.4, -0.2) is 15.8 Å². The van der Waals surface area contributed by atoms with Crippen molar-refractivity contribution in [1.29, 1.82) is 0 Å². The van der Waals surface area contributed by atoms with Crippen molar-refractivity contribution in [2.45, 2.75) is 19.8 Å². The quantitative estimate of drug-likeness (QED) is 0.472. The molecule has 0 atom stereocenters. The molecule has 0 aromatic heterocycles. The minimum atomic E-state index is -0.781. The second-order valence-electron chi connectivity index (χ2n) is 5.86. The van der Waals surface area contributed by atoms with Crippen molar-refractivity contribution in [2.75, 3.05) is 5.32 Å². The molecular weight excluding hydrogens is 338 g/mol. The summed E-state index contributed by atoms with van der Waals surface area (Å²) in [6, 6.07) is 10.7. The van der Waals surface area contributed by atoms with Gasteiger partial charge in [0.15, 0.2) is 0 Å². The van der Waals surface area contributed by atoms with E-state index in [4.69, 9.17) is 0 Å². The molecule has 134 valence electrons. The Morgan fingerprint density at radius 3 is 2.23 bits per heavy atom. The van der Waals surface area contributed by atoms with Crippen LogP contribution in [-0.2, 0) is 4.79 Å². The molecule has 0 bridgehead atoms. The summed E-state index contributed by atoms with van der Waals surface area (Å²) in [7, 11) is 0. The number of hydrogen-bond donors (Lipinski definition) is 1. The molecule has 0 aliphatic rings. The molecule has 0 aliphatic carbocycles. The number of benzene rings is 2. The van der Waals surface area contributed by atoms with Crippen LogP contribution in [0.5, 0.6) is 0 Å². The van der Waals surface area contributed by atoms with Gasteiger partial charge in [0.25, 0.3) is 11.4 Å². The zero-order chi connectivity index (χ0) is 19.3. The van der Waals surface area contributed by atoms with E-state index in [1.54, 1.807) is 6.08 Å². The van der Waals surface area contributed by atoms with Crippen LogP contribution >= 0.6 is 0 Å². The van der Waals surface area contributed by atoms with E-state index in [1.807, 2.05) is 24.3 Å². The van der Waals surface area contributed by atoms with Gasteiger partial charge in [0.2, 0.25) is 5.91 Å². The molecule has 0 fully saturated rings. The third-order valence-corrected chi connectivity index (χ3v) is 3.68. The van der Waals surface area contributed by atoms with Gasteiger partial charge in [-0.25, -0.2) is 0 Å². The van der Waals surface area contributed by atoms with Crippen LogP contribution in [0, 0.1) is 20.2 Å². The second-order valence-corrected chi connectivity index (χ2v) is 5.86. The molecule has 8 heteroatoms. The van der Waals surface area contributed by atoms with Crippen LogP contribution in [0.2, 0.25) is 0 Å². The van der Waals surface area contributed by atoms with Crippen LogP contribution < -0.4 is 5.32 Å². The molecule has 2 aromatic rings. The Morgan fingerprint density at radius 1 is 1.04 bits per heavy atom. The molecule has 0 aliphatic heterocycles. The number of amides is 1. The third kappa shape index (κ3) is 4.73. The van der Waals surface area contributed by atoms with Gasteiger partial charge in [-0.2, -0.15) is 0 Å². The number of nitrogens with zero attached hydrogens (tertiary/aromatic N) is 2. The van der Waals surface area contributed by atoms with Crippen LogP contribution in [0.15, 0.2) is 48.5 Å². The number of nitrogens with one attached hydrogen (secondary N) is 1. The van der Waals surface area contributed by atoms with Gasteiger partial charge in [-0.3, -0.25) is 25.0 Å². The van der Waals surface area contributed by atoms with Crippen molar-refractivity contribution in [2.24, 2.45) is 0 Å². The fourth-order valence-corrected chi connectivity index (χ4v) is 2.23. The summed E-state index contributed by atoms with van der Waals surface area (Å²) in [5, 5.41) is 24.1. The van der Waals surface area contributed by atoms with Crippen molar-refractivity contribution in [1.82, 2.24) is 0 Å². The Bertz CT molecular complexity index is 873. The number of anilines is 1. The number of carbonyl (C=O) groups is 1. The third-order valence-electron chi connectivity index (χ3n) is 3.68. The lowest BCUT2D eigenvalue weighted by Crippen LogP contribution is -2.09. The molecule has 0 heterocycles.